The highest BCUT2D eigenvalue weighted by Crippen LogP contribution is 2.32. The number of nitrogens with zero attached hydrogens (tertiary/aromatic N) is 2. The summed E-state index contributed by atoms with van der Waals surface area (Å²) in [6, 6.07) is 10.9. The Hall–Kier alpha value is -2.64. The van der Waals surface area contributed by atoms with Gasteiger partial charge >= 0.3 is 0 Å². The first-order valence-electron chi connectivity index (χ1n) is 7.66. The van der Waals surface area contributed by atoms with Crippen LogP contribution in [0.2, 0.25) is 10.0 Å². The minimum atomic E-state index is -0.629. The number of nitro benzene ring substituents is 1. The van der Waals surface area contributed by atoms with E-state index in [9.17, 15) is 19.7 Å². The van der Waals surface area contributed by atoms with Crippen LogP contribution in [0.25, 0.3) is 0 Å². The smallest absolute Gasteiger partial charge is 0.289 e. The monoisotopic (exact) mass is 393 g/mol. The zero-order chi connectivity index (χ0) is 18.8. The third kappa shape index (κ3) is 3.63. The van der Waals surface area contributed by atoms with Crippen LogP contribution < -0.4 is 10.2 Å². The molecule has 2 aromatic carbocycles. The molecule has 0 aromatic heterocycles. The predicted octanol–water partition coefficient (Wildman–Crippen LogP) is 3.89. The van der Waals surface area contributed by atoms with Gasteiger partial charge in [0.25, 0.3) is 5.69 Å². The minimum absolute atomic E-state index is 0.0195. The normalized spacial score (nSPS) is 16.6. The second-order valence-electron chi connectivity index (χ2n) is 5.77. The average Bonchev–Trinajstić information content (AvgIpc) is 2.98. The van der Waals surface area contributed by atoms with Crippen LogP contribution in [0.5, 0.6) is 0 Å². The van der Waals surface area contributed by atoms with Crippen LogP contribution in [0.15, 0.2) is 42.5 Å². The number of rotatable bonds is 4. The van der Waals surface area contributed by atoms with Gasteiger partial charge in [-0.25, -0.2) is 0 Å². The number of nitro groups is 1. The van der Waals surface area contributed by atoms with Gasteiger partial charge in [0.05, 0.1) is 21.6 Å². The second kappa shape index (κ2) is 7.31. The van der Waals surface area contributed by atoms with Crippen molar-refractivity contribution < 1.29 is 14.5 Å². The van der Waals surface area contributed by atoms with Crippen molar-refractivity contribution in [1.29, 1.82) is 0 Å². The number of hydrogen-bond donors (Lipinski definition) is 1. The number of benzene rings is 2. The molecule has 0 aliphatic carbocycles. The highest BCUT2D eigenvalue weighted by Gasteiger charge is 2.36. The summed E-state index contributed by atoms with van der Waals surface area (Å²) in [4.78, 5) is 36.5. The fourth-order valence-electron chi connectivity index (χ4n) is 2.76. The van der Waals surface area contributed by atoms with E-state index in [0.29, 0.717) is 10.7 Å². The number of anilines is 2. The molecule has 2 amide bonds. The van der Waals surface area contributed by atoms with Crippen molar-refractivity contribution in [3.63, 3.8) is 0 Å². The van der Waals surface area contributed by atoms with Crippen molar-refractivity contribution in [2.45, 2.75) is 6.42 Å². The molecule has 1 N–H and O–H groups in total. The number of amides is 2. The Balaban J connectivity index is 1.74. The fraction of sp³-hybridized carbons (Fsp3) is 0.176. The zero-order valence-corrected chi connectivity index (χ0v) is 14.8. The van der Waals surface area contributed by atoms with Crippen molar-refractivity contribution in [2.75, 3.05) is 16.8 Å². The maximum atomic E-state index is 12.5. The summed E-state index contributed by atoms with van der Waals surface area (Å²) in [5.74, 6) is -1.20. The van der Waals surface area contributed by atoms with Crippen LogP contribution in [-0.2, 0) is 9.59 Å². The van der Waals surface area contributed by atoms with E-state index in [1.165, 1.54) is 23.1 Å². The zero-order valence-electron chi connectivity index (χ0n) is 13.3. The Kier molecular flexibility index (Phi) is 5.11. The number of hydrogen-bond acceptors (Lipinski definition) is 4. The molecule has 0 unspecified atom stereocenters. The van der Waals surface area contributed by atoms with Crippen molar-refractivity contribution in [2.24, 2.45) is 5.92 Å². The topological polar surface area (TPSA) is 92.5 Å². The number of carbonyl (C=O) groups is 2. The van der Waals surface area contributed by atoms with Crippen molar-refractivity contribution in [3.8, 4) is 0 Å². The molecule has 0 saturated carbocycles. The van der Waals surface area contributed by atoms with Crippen LogP contribution in [0.1, 0.15) is 6.42 Å². The molecule has 134 valence electrons. The lowest BCUT2D eigenvalue weighted by molar-refractivity contribution is -0.384. The first kappa shape index (κ1) is 18.2. The lowest BCUT2D eigenvalue weighted by Crippen LogP contribution is -2.28. The van der Waals surface area contributed by atoms with Gasteiger partial charge in [0.15, 0.2) is 0 Å². The number of halogens is 2. The Labute approximate surface area is 158 Å². The molecule has 1 saturated heterocycles. The number of nitrogens with one attached hydrogen (secondary N) is 1. The molecule has 1 fully saturated rings. The molecule has 7 nitrogen and oxygen atoms in total. The standard InChI is InChI=1S/C17H13Cl2N3O4/c18-12-3-1-2-4-14(12)21-9-10(7-16(21)23)17(24)20-11-5-6-13(19)15(8-11)22(25)26/h1-6,8,10H,7,9H2,(H,20,24)/t10-/m0/s1. The van der Waals surface area contributed by atoms with E-state index >= 15 is 0 Å². The Morgan fingerprint density at radius 2 is 1.92 bits per heavy atom. The summed E-state index contributed by atoms with van der Waals surface area (Å²) < 4.78 is 0. The van der Waals surface area contributed by atoms with Gasteiger partial charge in [0.2, 0.25) is 11.8 Å². The quantitative estimate of drug-likeness (QED) is 0.629. The highest BCUT2D eigenvalue weighted by molar-refractivity contribution is 6.34. The number of para-hydroxylation sites is 1. The number of carbonyl (C=O) groups excluding carboxylic acids is 2. The maximum Gasteiger partial charge on any atom is 0.289 e. The molecule has 1 heterocycles. The molecule has 0 radical (unpaired) electrons. The fourth-order valence-corrected chi connectivity index (χ4v) is 3.19. The Morgan fingerprint density at radius 3 is 2.62 bits per heavy atom. The van der Waals surface area contributed by atoms with Gasteiger partial charge in [-0.3, -0.25) is 19.7 Å². The summed E-state index contributed by atoms with van der Waals surface area (Å²) in [6.07, 6.45) is 0.0345. The molecule has 0 spiro atoms. The summed E-state index contributed by atoms with van der Waals surface area (Å²) >= 11 is 11.9. The van der Waals surface area contributed by atoms with Gasteiger partial charge in [0.1, 0.15) is 5.02 Å². The molecule has 1 aliphatic heterocycles. The Bertz CT molecular complexity index is 903. The first-order valence-corrected chi connectivity index (χ1v) is 8.42. The lowest BCUT2D eigenvalue weighted by atomic mass is 10.1. The van der Waals surface area contributed by atoms with Gasteiger partial charge < -0.3 is 10.2 Å². The van der Waals surface area contributed by atoms with Crippen molar-refractivity contribution in [3.05, 3.63) is 62.6 Å². The highest BCUT2D eigenvalue weighted by atomic mass is 35.5. The van der Waals surface area contributed by atoms with Gasteiger partial charge in [-0.05, 0) is 24.3 Å². The molecule has 9 heteroatoms. The molecule has 2 aromatic rings. The van der Waals surface area contributed by atoms with E-state index in [0.717, 1.165) is 0 Å². The van der Waals surface area contributed by atoms with Crippen LogP contribution in [0.3, 0.4) is 0 Å². The van der Waals surface area contributed by atoms with E-state index in [4.69, 9.17) is 23.2 Å². The van der Waals surface area contributed by atoms with Crippen LogP contribution >= 0.6 is 23.2 Å². The SMILES string of the molecule is O=C(Nc1ccc(Cl)c([N+](=O)[O-])c1)[C@H]1CC(=O)N(c2ccccc2Cl)C1. The van der Waals surface area contributed by atoms with Gasteiger partial charge in [-0.2, -0.15) is 0 Å². The third-order valence-electron chi connectivity index (χ3n) is 4.05. The molecular formula is C17H13Cl2N3O4. The van der Waals surface area contributed by atoms with Crippen molar-refractivity contribution in [1.82, 2.24) is 0 Å². The largest absolute Gasteiger partial charge is 0.326 e. The van der Waals surface area contributed by atoms with Gasteiger partial charge in [-0.1, -0.05) is 35.3 Å². The lowest BCUT2D eigenvalue weighted by Gasteiger charge is -2.18. The van der Waals surface area contributed by atoms with E-state index in [-0.39, 0.29) is 35.3 Å². The van der Waals surface area contributed by atoms with Gasteiger partial charge in [0, 0.05) is 24.7 Å². The van der Waals surface area contributed by atoms with Crippen LogP contribution in [0, 0.1) is 16.0 Å². The van der Waals surface area contributed by atoms with E-state index in [2.05, 4.69) is 5.32 Å². The summed E-state index contributed by atoms with van der Waals surface area (Å²) in [5.41, 5.74) is 0.496. The maximum absolute atomic E-state index is 12.5. The summed E-state index contributed by atoms with van der Waals surface area (Å²) in [7, 11) is 0. The average molecular weight is 394 g/mol. The molecule has 3 rings (SSSR count). The summed E-state index contributed by atoms with van der Waals surface area (Å²) in [5, 5.41) is 13.9. The molecule has 0 bridgehead atoms. The van der Waals surface area contributed by atoms with Gasteiger partial charge in [-0.15, -0.1) is 0 Å². The van der Waals surface area contributed by atoms with E-state index < -0.39 is 16.7 Å². The Morgan fingerprint density at radius 1 is 1.19 bits per heavy atom. The second-order valence-corrected chi connectivity index (χ2v) is 6.58. The third-order valence-corrected chi connectivity index (χ3v) is 4.69. The molecular weight excluding hydrogens is 381 g/mol. The molecule has 26 heavy (non-hydrogen) atoms. The first-order chi connectivity index (χ1) is 12.4. The minimum Gasteiger partial charge on any atom is -0.326 e. The molecule has 1 aliphatic rings. The predicted molar refractivity (Wildman–Crippen MR) is 98.6 cm³/mol. The summed E-state index contributed by atoms with van der Waals surface area (Å²) in [6.45, 7) is 0.185. The van der Waals surface area contributed by atoms with E-state index in [1.807, 2.05) is 0 Å². The van der Waals surface area contributed by atoms with Crippen molar-refractivity contribution >= 4 is 52.1 Å². The van der Waals surface area contributed by atoms with Crippen LogP contribution in [-0.4, -0.2) is 23.3 Å². The van der Waals surface area contributed by atoms with Crippen LogP contribution in [0.4, 0.5) is 17.1 Å². The van der Waals surface area contributed by atoms with E-state index in [1.54, 1.807) is 24.3 Å². The molecule has 1 atom stereocenters.